The van der Waals surface area contributed by atoms with Gasteiger partial charge >= 0.3 is 0 Å². The maximum atomic E-state index is 6.24. The molecule has 106 valence electrons. The molecule has 2 rings (SSSR count). The van der Waals surface area contributed by atoms with Gasteiger partial charge in [0.25, 0.3) is 0 Å². The van der Waals surface area contributed by atoms with Crippen LogP contribution < -0.4 is 0 Å². The van der Waals surface area contributed by atoms with Crippen molar-refractivity contribution in [1.82, 2.24) is 0 Å². The van der Waals surface area contributed by atoms with Crippen LogP contribution >= 0.6 is 0 Å². The van der Waals surface area contributed by atoms with Crippen LogP contribution in [-0.4, -0.2) is 15.4 Å². The van der Waals surface area contributed by atoms with E-state index in [0.29, 0.717) is 0 Å². The highest BCUT2D eigenvalue weighted by Gasteiger charge is 2.31. The molecule has 0 saturated carbocycles. The van der Waals surface area contributed by atoms with E-state index in [1.807, 2.05) is 0 Å². The molecular weight excluding hydrogens is 260 g/mol. The van der Waals surface area contributed by atoms with E-state index in [-0.39, 0.29) is 10.6 Å². The molecular formula is C18H24OSi. The lowest BCUT2D eigenvalue weighted by Gasteiger charge is -2.33. The van der Waals surface area contributed by atoms with Gasteiger partial charge in [-0.15, -0.1) is 0 Å². The average molecular weight is 284 g/mol. The smallest absolute Gasteiger partial charge is 0.176 e. The van der Waals surface area contributed by atoms with E-state index in [2.05, 4.69) is 88.4 Å². The average Bonchev–Trinajstić information content (AvgIpc) is 2.46. The van der Waals surface area contributed by atoms with Gasteiger partial charge in [0.05, 0.1) is 0 Å². The lowest BCUT2D eigenvalue weighted by Crippen LogP contribution is -2.37. The minimum absolute atomic E-state index is 0.00972. The van der Waals surface area contributed by atoms with Crippen molar-refractivity contribution in [2.45, 2.75) is 38.3 Å². The highest BCUT2D eigenvalue weighted by molar-refractivity contribution is 6.34. The summed E-state index contributed by atoms with van der Waals surface area (Å²) in [5.41, 5.74) is 2.63. The fraction of sp³-hybridized carbons (Fsp3) is 0.333. The van der Waals surface area contributed by atoms with Gasteiger partial charge in [0, 0.05) is 10.6 Å². The summed E-state index contributed by atoms with van der Waals surface area (Å²) in [7, 11) is -0.772. The van der Waals surface area contributed by atoms with Crippen molar-refractivity contribution in [2.24, 2.45) is 0 Å². The summed E-state index contributed by atoms with van der Waals surface area (Å²) in [6, 6.07) is 21.5. The predicted molar refractivity (Wildman–Crippen MR) is 88.7 cm³/mol. The fourth-order valence-electron chi connectivity index (χ4n) is 2.31. The molecule has 0 saturated heterocycles. The molecule has 0 spiro atoms. The Bertz CT molecular complexity index is 489. The molecule has 0 unspecified atom stereocenters. The first-order valence-corrected chi connectivity index (χ1v) is 8.45. The molecule has 1 nitrogen and oxygen atoms in total. The quantitative estimate of drug-likeness (QED) is 0.775. The molecule has 0 radical (unpaired) electrons. The molecule has 2 heteroatoms. The van der Waals surface area contributed by atoms with Crippen LogP contribution in [0.5, 0.6) is 0 Å². The van der Waals surface area contributed by atoms with Crippen LogP contribution in [0, 0.1) is 0 Å². The standard InChI is InChI=1S/C18H24OSi/c1-17(2,3)19-20-18(4,15-11-7-5-8-12-15)16-13-9-6-10-14-16/h5-14H,20H2,1-4H3. The molecule has 0 atom stereocenters. The number of rotatable bonds is 4. The Hall–Kier alpha value is -1.38. The summed E-state index contributed by atoms with van der Waals surface area (Å²) in [5, 5.41) is 0.00972. The van der Waals surface area contributed by atoms with E-state index in [9.17, 15) is 0 Å². The minimum atomic E-state index is -0.772. The summed E-state index contributed by atoms with van der Waals surface area (Å²) < 4.78 is 6.24. The fourth-order valence-corrected chi connectivity index (χ4v) is 3.83. The molecule has 20 heavy (non-hydrogen) atoms. The van der Waals surface area contributed by atoms with Gasteiger partial charge < -0.3 is 4.43 Å². The molecule has 0 aliphatic heterocycles. The van der Waals surface area contributed by atoms with Crippen LogP contribution in [0.2, 0.25) is 0 Å². The van der Waals surface area contributed by atoms with Crippen LogP contribution in [-0.2, 0) is 9.46 Å². The normalized spacial score (nSPS) is 13.0. The van der Waals surface area contributed by atoms with Crippen LogP contribution in [0.4, 0.5) is 0 Å². The van der Waals surface area contributed by atoms with E-state index in [1.54, 1.807) is 0 Å². The van der Waals surface area contributed by atoms with Crippen molar-refractivity contribution >= 4 is 9.76 Å². The maximum Gasteiger partial charge on any atom is 0.176 e. The highest BCUT2D eigenvalue weighted by atomic mass is 28.2. The second-order valence-electron chi connectivity index (χ2n) is 6.47. The largest absolute Gasteiger partial charge is 0.418 e. The van der Waals surface area contributed by atoms with Gasteiger partial charge in [-0.25, -0.2) is 0 Å². The molecule has 0 fully saturated rings. The summed E-state index contributed by atoms with van der Waals surface area (Å²) in [6.45, 7) is 8.72. The Kier molecular flexibility index (Phi) is 4.46. The van der Waals surface area contributed by atoms with Crippen molar-refractivity contribution in [3.05, 3.63) is 71.8 Å². The number of hydrogen-bond donors (Lipinski definition) is 0. The first-order valence-electron chi connectivity index (χ1n) is 7.17. The molecule has 0 N–H and O–H groups in total. The van der Waals surface area contributed by atoms with Gasteiger partial charge in [-0.2, -0.15) is 0 Å². The molecule has 0 aromatic heterocycles. The summed E-state index contributed by atoms with van der Waals surface area (Å²) in [6.07, 6.45) is 0. The van der Waals surface area contributed by atoms with Crippen LogP contribution in [0.3, 0.4) is 0 Å². The summed E-state index contributed by atoms with van der Waals surface area (Å²) >= 11 is 0. The SMILES string of the molecule is CC(C)(C)O[SiH2]C(C)(c1ccccc1)c1ccccc1. The van der Waals surface area contributed by atoms with E-state index in [4.69, 9.17) is 4.43 Å². The first kappa shape index (κ1) is 15.0. The third-order valence-corrected chi connectivity index (χ3v) is 6.02. The second-order valence-corrected chi connectivity index (χ2v) is 8.46. The Morgan fingerprint density at radius 2 is 1.10 bits per heavy atom. The highest BCUT2D eigenvalue weighted by Crippen LogP contribution is 2.31. The van der Waals surface area contributed by atoms with Gasteiger partial charge in [0.15, 0.2) is 9.76 Å². The van der Waals surface area contributed by atoms with Gasteiger partial charge in [-0.3, -0.25) is 0 Å². The van der Waals surface area contributed by atoms with Crippen molar-refractivity contribution in [1.29, 1.82) is 0 Å². The molecule has 0 heterocycles. The summed E-state index contributed by atoms with van der Waals surface area (Å²) in [4.78, 5) is 0. The van der Waals surface area contributed by atoms with E-state index in [1.165, 1.54) is 11.1 Å². The van der Waals surface area contributed by atoms with Gasteiger partial charge in [-0.05, 0) is 31.9 Å². The summed E-state index contributed by atoms with van der Waals surface area (Å²) in [5.74, 6) is 0. The van der Waals surface area contributed by atoms with Crippen LogP contribution in [0.15, 0.2) is 60.7 Å². The van der Waals surface area contributed by atoms with Gasteiger partial charge in [0.2, 0.25) is 0 Å². The zero-order valence-corrected chi connectivity index (χ0v) is 14.3. The predicted octanol–water partition coefficient (Wildman–Crippen LogP) is 3.85. The minimum Gasteiger partial charge on any atom is -0.418 e. The zero-order chi connectivity index (χ0) is 14.6. The maximum absolute atomic E-state index is 6.24. The second kappa shape index (κ2) is 5.94. The Balaban J connectivity index is 2.39. The molecule has 0 aliphatic rings. The molecule has 0 bridgehead atoms. The molecule has 2 aromatic rings. The van der Waals surface area contributed by atoms with Crippen molar-refractivity contribution in [3.8, 4) is 0 Å². The number of benzene rings is 2. The monoisotopic (exact) mass is 284 g/mol. The molecule has 0 amide bonds. The van der Waals surface area contributed by atoms with Crippen molar-refractivity contribution < 1.29 is 4.43 Å². The Morgan fingerprint density at radius 1 is 0.700 bits per heavy atom. The first-order chi connectivity index (χ1) is 9.42. The number of hydrogen-bond acceptors (Lipinski definition) is 1. The van der Waals surface area contributed by atoms with Crippen LogP contribution in [0.1, 0.15) is 38.8 Å². The molecule has 2 aromatic carbocycles. The topological polar surface area (TPSA) is 9.23 Å². The Morgan fingerprint density at radius 3 is 1.45 bits per heavy atom. The van der Waals surface area contributed by atoms with Crippen molar-refractivity contribution in [2.75, 3.05) is 0 Å². The van der Waals surface area contributed by atoms with Crippen molar-refractivity contribution in [3.63, 3.8) is 0 Å². The van der Waals surface area contributed by atoms with Gasteiger partial charge in [-0.1, -0.05) is 67.6 Å². The lowest BCUT2D eigenvalue weighted by atomic mass is 9.92. The van der Waals surface area contributed by atoms with Crippen LogP contribution in [0.25, 0.3) is 0 Å². The van der Waals surface area contributed by atoms with E-state index >= 15 is 0 Å². The third kappa shape index (κ3) is 3.59. The third-order valence-electron chi connectivity index (χ3n) is 3.62. The molecule has 0 aliphatic carbocycles. The lowest BCUT2D eigenvalue weighted by molar-refractivity contribution is 0.132. The van der Waals surface area contributed by atoms with E-state index < -0.39 is 9.76 Å². The Labute approximate surface area is 124 Å². The van der Waals surface area contributed by atoms with E-state index in [0.717, 1.165) is 0 Å². The van der Waals surface area contributed by atoms with Gasteiger partial charge in [0.1, 0.15) is 0 Å². The zero-order valence-electron chi connectivity index (χ0n) is 12.9.